The molecule has 0 aliphatic heterocycles. The van der Waals surface area contributed by atoms with Crippen LogP contribution in [0.1, 0.15) is 27.2 Å². The molecule has 118 valence electrons. The van der Waals surface area contributed by atoms with Gasteiger partial charge in [-0.2, -0.15) is 0 Å². The summed E-state index contributed by atoms with van der Waals surface area (Å²) < 4.78 is 5.24. The van der Waals surface area contributed by atoms with E-state index in [9.17, 15) is 9.59 Å². The average Bonchev–Trinajstić information content (AvgIpc) is 3.12. The fraction of sp³-hybridized carbons (Fsp3) is 0.412. The minimum Gasteiger partial charge on any atom is -0.444 e. The molecule has 1 fully saturated rings. The number of amides is 2. The highest BCUT2D eigenvalue weighted by molar-refractivity contribution is 6.03. The lowest BCUT2D eigenvalue weighted by atomic mass is 10.1. The normalized spacial score (nSPS) is 23.3. The number of carbonyl (C=O) groups excluding carboxylic acids is 2. The zero-order valence-electron chi connectivity index (χ0n) is 13.2. The van der Waals surface area contributed by atoms with Gasteiger partial charge in [0, 0.05) is 11.6 Å². The molecule has 0 heterocycles. The Balaban J connectivity index is 2.07. The van der Waals surface area contributed by atoms with Crippen LogP contribution in [0.4, 0.5) is 10.5 Å². The van der Waals surface area contributed by atoms with Crippen molar-refractivity contribution >= 4 is 17.7 Å². The highest BCUT2D eigenvalue weighted by atomic mass is 16.6. The number of hydrogen-bond donors (Lipinski definition) is 2. The van der Waals surface area contributed by atoms with Crippen LogP contribution in [0.2, 0.25) is 0 Å². The largest absolute Gasteiger partial charge is 0.444 e. The third-order valence-corrected chi connectivity index (χ3v) is 3.46. The molecule has 2 atom stereocenters. The molecule has 1 aliphatic rings. The van der Waals surface area contributed by atoms with Crippen LogP contribution in [0.15, 0.2) is 43.0 Å². The van der Waals surface area contributed by atoms with Crippen LogP contribution in [0, 0.1) is 5.92 Å². The third kappa shape index (κ3) is 3.67. The second kappa shape index (κ2) is 5.83. The Morgan fingerprint density at radius 1 is 1.32 bits per heavy atom. The second-order valence-electron chi connectivity index (χ2n) is 6.46. The molecule has 1 saturated carbocycles. The zero-order valence-corrected chi connectivity index (χ0v) is 13.2. The molecule has 0 saturated heterocycles. The van der Waals surface area contributed by atoms with Crippen LogP contribution in [0.3, 0.4) is 0 Å². The van der Waals surface area contributed by atoms with Gasteiger partial charge in [0.1, 0.15) is 11.1 Å². The van der Waals surface area contributed by atoms with Crippen molar-refractivity contribution < 1.29 is 14.3 Å². The molecule has 0 aromatic heterocycles. The SMILES string of the molecule is C=CC1CC1(NC(=O)OC(C)(C)C)C(=O)Nc1ccccc1. The van der Waals surface area contributed by atoms with Gasteiger partial charge >= 0.3 is 6.09 Å². The van der Waals surface area contributed by atoms with Gasteiger partial charge in [0.15, 0.2) is 0 Å². The molecule has 1 aromatic carbocycles. The smallest absolute Gasteiger partial charge is 0.408 e. The van der Waals surface area contributed by atoms with Crippen molar-refractivity contribution in [2.75, 3.05) is 5.32 Å². The summed E-state index contributed by atoms with van der Waals surface area (Å²) in [5.74, 6) is -0.349. The zero-order chi connectivity index (χ0) is 16.4. The Kier molecular flexibility index (Phi) is 4.26. The van der Waals surface area contributed by atoms with E-state index in [0.29, 0.717) is 12.1 Å². The minimum absolute atomic E-state index is 0.0938. The van der Waals surface area contributed by atoms with E-state index in [1.807, 2.05) is 18.2 Å². The van der Waals surface area contributed by atoms with Crippen molar-refractivity contribution in [1.29, 1.82) is 0 Å². The summed E-state index contributed by atoms with van der Waals surface area (Å²) in [6.07, 6.45) is 1.61. The maximum absolute atomic E-state index is 12.5. The Labute approximate surface area is 130 Å². The number of carbonyl (C=O) groups is 2. The van der Waals surface area contributed by atoms with Crippen molar-refractivity contribution in [2.45, 2.75) is 38.3 Å². The highest BCUT2D eigenvalue weighted by Crippen LogP contribution is 2.45. The first-order valence-corrected chi connectivity index (χ1v) is 7.27. The van der Waals surface area contributed by atoms with Crippen molar-refractivity contribution in [3.8, 4) is 0 Å². The molecule has 2 amide bonds. The molecule has 2 N–H and O–H groups in total. The number of alkyl carbamates (subject to hydrolysis) is 1. The summed E-state index contributed by atoms with van der Waals surface area (Å²) in [6, 6.07) is 9.13. The van der Waals surface area contributed by atoms with E-state index in [4.69, 9.17) is 4.74 Å². The fourth-order valence-electron chi connectivity index (χ4n) is 2.28. The van der Waals surface area contributed by atoms with E-state index in [0.717, 1.165) is 0 Å². The van der Waals surface area contributed by atoms with Gasteiger partial charge in [-0.1, -0.05) is 24.3 Å². The van der Waals surface area contributed by atoms with Crippen molar-refractivity contribution in [3.63, 3.8) is 0 Å². The van der Waals surface area contributed by atoms with E-state index >= 15 is 0 Å². The van der Waals surface area contributed by atoms with Gasteiger partial charge in [-0.25, -0.2) is 4.79 Å². The van der Waals surface area contributed by atoms with Crippen LogP contribution < -0.4 is 10.6 Å². The number of nitrogens with one attached hydrogen (secondary N) is 2. The van der Waals surface area contributed by atoms with E-state index in [1.165, 1.54) is 0 Å². The van der Waals surface area contributed by atoms with Gasteiger partial charge < -0.3 is 15.4 Å². The molecular formula is C17H22N2O3. The Morgan fingerprint density at radius 2 is 1.95 bits per heavy atom. The summed E-state index contributed by atoms with van der Waals surface area (Å²) in [6.45, 7) is 9.05. The second-order valence-corrected chi connectivity index (χ2v) is 6.46. The number of ether oxygens (including phenoxy) is 1. The maximum Gasteiger partial charge on any atom is 0.408 e. The Bertz CT molecular complexity index is 577. The summed E-state index contributed by atoms with van der Waals surface area (Å²) in [5.41, 5.74) is -0.896. The molecule has 2 rings (SSSR count). The summed E-state index contributed by atoms with van der Waals surface area (Å²) in [4.78, 5) is 24.5. The average molecular weight is 302 g/mol. The molecular weight excluding hydrogens is 280 g/mol. The number of hydrogen-bond acceptors (Lipinski definition) is 3. The first-order chi connectivity index (χ1) is 10.3. The van der Waals surface area contributed by atoms with Crippen LogP contribution in [-0.2, 0) is 9.53 Å². The predicted molar refractivity (Wildman–Crippen MR) is 85.5 cm³/mol. The molecule has 5 nitrogen and oxygen atoms in total. The number of rotatable bonds is 4. The van der Waals surface area contributed by atoms with Crippen molar-refractivity contribution in [1.82, 2.24) is 5.32 Å². The van der Waals surface area contributed by atoms with E-state index in [2.05, 4.69) is 17.2 Å². The third-order valence-electron chi connectivity index (χ3n) is 3.46. The van der Waals surface area contributed by atoms with Gasteiger partial charge in [0.25, 0.3) is 5.91 Å². The quantitative estimate of drug-likeness (QED) is 0.840. The highest BCUT2D eigenvalue weighted by Gasteiger charge is 2.60. The topological polar surface area (TPSA) is 67.4 Å². The number of benzene rings is 1. The molecule has 0 radical (unpaired) electrons. The molecule has 1 aromatic rings. The van der Waals surface area contributed by atoms with Crippen LogP contribution in [0.25, 0.3) is 0 Å². The summed E-state index contributed by atoms with van der Waals surface area (Å²) in [5, 5.41) is 5.52. The van der Waals surface area contributed by atoms with Gasteiger partial charge in [-0.15, -0.1) is 6.58 Å². The molecule has 2 unspecified atom stereocenters. The summed E-state index contributed by atoms with van der Waals surface area (Å²) >= 11 is 0. The Morgan fingerprint density at radius 3 is 2.45 bits per heavy atom. The van der Waals surface area contributed by atoms with E-state index in [1.54, 1.807) is 39.0 Å². The standard InChI is InChI=1S/C17H22N2O3/c1-5-12-11-17(12,19-15(21)22-16(2,3)4)14(20)18-13-9-7-6-8-10-13/h5-10,12H,1,11H2,2-4H3,(H,18,20)(H,19,21). The lowest BCUT2D eigenvalue weighted by Gasteiger charge is -2.23. The van der Waals surface area contributed by atoms with E-state index < -0.39 is 17.2 Å². The molecule has 1 aliphatic carbocycles. The lowest BCUT2D eigenvalue weighted by molar-refractivity contribution is -0.119. The first-order valence-electron chi connectivity index (χ1n) is 7.27. The van der Waals surface area contributed by atoms with Gasteiger partial charge in [0.2, 0.25) is 0 Å². The number of para-hydroxylation sites is 1. The van der Waals surface area contributed by atoms with E-state index in [-0.39, 0.29) is 11.8 Å². The van der Waals surface area contributed by atoms with Crippen molar-refractivity contribution in [3.05, 3.63) is 43.0 Å². The summed E-state index contributed by atoms with van der Waals surface area (Å²) in [7, 11) is 0. The van der Waals surface area contributed by atoms with Gasteiger partial charge in [-0.3, -0.25) is 4.79 Å². The number of anilines is 1. The molecule has 5 heteroatoms. The predicted octanol–water partition coefficient (Wildman–Crippen LogP) is 3.09. The van der Waals surface area contributed by atoms with Gasteiger partial charge in [0.05, 0.1) is 0 Å². The fourth-order valence-corrected chi connectivity index (χ4v) is 2.28. The maximum atomic E-state index is 12.5. The van der Waals surface area contributed by atoms with Crippen LogP contribution in [-0.4, -0.2) is 23.1 Å². The van der Waals surface area contributed by atoms with Crippen LogP contribution >= 0.6 is 0 Å². The molecule has 22 heavy (non-hydrogen) atoms. The lowest BCUT2D eigenvalue weighted by Crippen LogP contribution is -2.49. The van der Waals surface area contributed by atoms with Crippen LogP contribution in [0.5, 0.6) is 0 Å². The minimum atomic E-state index is -0.972. The molecule has 0 bridgehead atoms. The van der Waals surface area contributed by atoms with Crippen molar-refractivity contribution in [2.24, 2.45) is 5.92 Å². The molecule has 0 spiro atoms. The first kappa shape index (κ1) is 16.1. The monoisotopic (exact) mass is 302 g/mol. The Hall–Kier alpha value is -2.30. The van der Waals surface area contributed by atoms with Gasteiger partial charge in [-0.05, 0) is 39.3 Å².